The lowest BCUT2D eigenvalue weighted by atomic mass is 10.1. The molecule has 1 aliphatic rings. The topological polar surface area (TPSA) is 58.6 Å². The van der Waals surface area contributed by atoms with Crippen molar-refractivity contribution in [3.05, 3.63) is 35.4 Å². The number of nitrogens with zero attached hydrogens (tertiary/aromatic N) is 1. The second kappa shape index (κ2) is 5.84. The first-order chi connectivity index (χ1) is 9.15. The smallest absolute Gasteiger partial charge is 0.255 e. The van der Waals surface area contributed by atoms with Gasteiger partial charge in [0.25, 0.3) is 5.91 Å². The Labute approximate surface area is 112 Å². The van der Waals surface area contributed by atoms with E-state index in [4.69, 9.17) is 4.74 Å². The number of rotatable bonds is 5. The van der Waals surface area contributed by atoms with Gasteiger partial charge in [0, 0.05) is 25.8 Å². The van der Waals surface area contributed by atoms with Crippen molar-refractivity contribution in [3.8, 4) is 0 Å². The molecule has 0 unspecified atom stereocenters. The molecule has 0 saturated carbocycles. The van der Waals surface area contributed by atoms with Crippen molar-refractivity contribution in [2.45, 2.75) is 19.5 Å². The molecular weight excluding hydrogens is 244 g/mol. The fourth-order valence-electron chi connectivity index (χ4n) is 2.16. The SMILES string of the molecule is COCCNC(=O)[C@H](C)N1Cc2ccccc2C1=O. The van der Waals surface area contributed by atoms with E-state index >= 15 is 0 Å². The number of hydrogen-bond donors (Lipinski definition) is 1. The highest BCUT2D eigenvalue weighted by Crippen LogP contribution is 2.24. The summed E-state index contributed by atoms with van der Waals surface area (Å²) in [5.74, 6) is -0.233. The van der Waals surface area contributed by atoms with Gasteiger partial charge in [-0.1, -0.05) is 18.2 Å². The minimum absolute atomic E-state index is 0.0787. The Morgan fingerprint density at radius 2 is 2.21 bits per heavy atom. The van der Waals surface area contributed by atoms with Crippen molar-refractivity contribution in [1.82, 2.24) is 10.2 Å². The average Bonchev–Trinajstić information content (AvgIpc) is 2.76. The summed E-state index contributed by atoms with van der Waals surface area (Å²) in [5, 5.41) is 2.75. The van der Waals surface area contributed by atoms with Crippen LogP contribution in [-0.2, 0) is 16.1 Å². The lowest BCUT2D eigenvalue weighted by Crippen LogP contribution is -2.45. The highest BCUT2D eigenvalue weighted by molar-refractivity contribution is 6.00. The van der Waals surface area contributed by atoms with Gasteiger partial charge in [0.15, 0.2) is 0 Å². The third-order valence-corrected chi connectivity index (χ3v) is 3.30. The van der Waals surface area contributed by atoms with Gasteiger partial charge in [-0.15, -0.1) is 0 Å². The van der Waals surface area contributed by atoms with Gasteiger partial charge in [-0.25, -0.2) is 0 Å². The van der Waals surface area contributed by atoms with Gasteiger partial charge in [0.2, 0.25) is 5.91 Å². The van der Waals surface area contributed by atoms with E-state index in [2.05, 4.69) is 5.32 Å². The van der Waals surface area contributed by atoms with Crippen LogP contribution in [0.2, 0.25) is 0 Å². The zero-order valence-electron chi connectivity index (χ0n) is 11.2. The fraction of sp³-hybridized carbons (Fsp3) is 0.429. The van der Waals surface area contributed by atoms with Crippen molar-refractivity contribution < 1.29 is 14.3 Å². The van der Waals surface area contributed by atoms with Crippen molar-refractivity contribution in [1.29, 1.82) is 0 Å². The minimum atomic E-state index is -0.475. The molecule has 1 aliphatic heterocycles. The number of ether oxygens (including phenoxy) is 1. The second-order valence-corrected chi connectivity index (χ2v) is 4.55. The Morgan fingerprint density at radius 1 is 1.47 bits per heavy atom. The third-order valence-electron chi connectivity index (χ3n) is 3.30. The molecule has 2 rings (SSSR count). The molecule has 0 spiro atoms. The summed E-state index contributed by atoms with van der Waals surface area (Å²) in [5.41, 5.74) is 1.67. The van der Waals surface area contributed by atoms with Crippen LogP contribution in [-0.4, -0.2) is 43.0 Å². The molecule has 0 aromatic heterocycles. The number of amides is 2. The van der Waals surface area contributed by atoms with Gasteiger partial charge in [-0.05, 0) is 18.6 Å². The fourth-order valence-corrected chi connectivity index (χ4v) is 2.16. The van der Waals surface area contributed by atoms with Crippen molar-refractivity contribution >= 4 is 11.8 Å². The standard InChI is InChI=1S/C14H18N2O3/c1-10(13(17)15-7-8-19-2)16-9-11-5-3-4-6-12(11)14(16)18/h3-6,10H,7-9H2,1-2H3,(H,15,17)/t10-/m0/s1. The number of fused-ring (bicyclic) bond motifs is 1. The summed E-state index contributed by atoms with van der Waals surface area (Å²) in [6.07, 6.45) is 0. The molecule has 0 aliphatic carbocycles. The minimum Gasteiger partial charge on any atom is -0.383 e. The van der Waals surface area contributed by atoms with E-state index in [0.29, 0.717) is 25.3 Å². The predicted molar refractivity (Wildman–Crippen MR) is 70.7 cm³/mol. The molecule has 0 fully saturated rings. The summed E-state index contributed by atoms with van der Waals surface area (Å²) in [4.78, 5) is 25.7. The molecule has 19 heavy (non-hydrogen) atoms. The molecule has 2 amide bonds. The third kappa shape index (κ3) is 2.76. The number of carbonyl (C=O) groups excluding carboxylic acids is 2. The Balaban J connectivity index is 2.00. The molecule has 1 aromatic rings. The number of carbonyl (C=O) groups is 2. The molecule has 1 heterocycles. The van der Waals surface area contributed by atoms with Crippen LogP contribution in [0.1, 0.15) is 22.8 Å². The second-order valence-electron chi connectivity index (χ2n) is 4.55. The average molecular weight is 262 g/mol. The Morgan fingerprint density at radius 3 is 2.89 bits per heavy atom. The zero-order valence-corrected chi connectivity index (χ0v) is 11.2. The highest BCUT2D eigenvalue weighted by Gasteiger charge is 2.33. The van der Waals surface area contributed by atoms with Crippen molar-refractivity contribution in [2.75, 3.05) is 20.3 Å². The van der Waals surface area contributed by atoms with Gasteiger partial charge in [0.05, 0.1) is 6.61 Å². The first-order valence-corrected chi connectivity index (χ1v) is 6.30. The largest absolute Gasteiger partial charge is 0.383 e. The van der Waals surface area contributed by atoms with E-state index in [1.165, 1.54) is 0 Å². The van der Waals surface area contributed by atoms with Crippen LogP contribution in [0.5, 0.6) is 0 Å². The van der Waals surface area contributed by atoms with Crippen LogP contribution < -0.4 is 5.32 Å². The van der Waals surface area contributed by atoms with E-state index < -0.39 is 6.04 Å². The number of nitrogens with one attached hydrogen (secondary N) is 1. The first kappa shape index (κ1) is 13.5. The van der Waals surface area contributed by atoms with Gasteiger partial charge < -0.3 is 15.0 Å². The van der Waals surface area contributed by atoms with Gasteiger partial charge >= 0.3 is 0 Å². The monoisotopic (exact) mass is 262 g/mol. The molecule has 0 radical (unpaired) electrons. The summed E-state index contributed by atoms with van der Waals surface area (Å²) < 4.78 is 4.87. The van der Waals surface area contributed by atoms with E-state index in [1.807, 2.05) is 18.2 Å². The molecular formula is C14H18N2O3. The summed E-state index contributed by atoms with van der Waals surface area (Å²) in [7, 11) is 1.58. The van der Waals surface area contributed by atoms with Crippen LogP contribution in [0.3, 0.4) is 0 Å². The van der Waals surface area contributed by atoms with Crippen LogP contribution in [0.4, 0.5) is 0 Å². The maximum absolute atomic E-state index is 12.2. The van der Waals surface area contributed by atoms with E-state index in [1.54, 1.807) is 25.0 Å². The predicted octanol–water partition coefficient (Wildman–Crippen LogP) is 0.793. The number of benzene rings is 1. The molecule has 5 heteroatoms. The van der Waals surface area contributed by atoms with E-state index in [9.17, 15) is 9.59 Å². The van der Waals surface area contributed by atoms with Gasteiger partial charge in [0.1, 0.15) is 6.04 Å². The van der Waals surface area contributed by atoms with E-state index in [-0.39, 0.29) is 11.8 Å². The Hall–Kier alpha value is -1.88. The van der Waals surface area contributed by atoms with Crippen molar-refractivity contribution in [3.63, 3.8) is 0 Å². The zero-order chi connectivity index (χ0) is 13.8. The maximum atomic E-state index is 12.2. The summed E-state index contributed by atoms with van der Waals surface area (Å²) >= 11 is 0. The van der Waals surface area contributed by atoms with Crippen molar-refractivity contribution in [2.24, 2.45) is 0 Å². The summed E-state index contributed by atoms with van der Waals surface area (Å²) in [6.45, 7) is 3.15. The van der Waals surface area contributed by atoms with Crippen LogP contribution in [0, 0.1) is 0 Å². The molecule has 1 atom stereocenters. The number of hydrogen-bond acceptors (Lipinski definition) is 3. The van der Waals surface area contributed by atoms with Gasteiger partial charge in [-0.2, -0.15) is 0 Å². The van der Waals surface area contributed by atoms with Gasteiger partial charge in [-0.3, -0.25) is 9.59 Å². The van der Waals surface area contributed by atoms with Crippen LogP contribution >= 0.6 is 0 Å². The van der Waals surface area contributed by atoms with E-state index in [0.717, 1.165) is 5.56 Å². The lowest BCUT2D eigenvalue weighted by molar-refractivity contribution is -0.125. The summed E-state index contributed by atoms with van der Waals surface area (Å²) in [6, 6.07) is 6.98. The highest BCUT2D eigenvalue weighted by atomic mass is 16.5. The lowest BCUT2D eigenvalue weighted by Gasteiger charge is -2.23. The van der Waals surface area contributed by atoms with Crippen LogP contribution in [0.15, 0.2) is 24.3 Å². The molecule has 5 nitrogen and oxygen atoms in total. The number of methoxy groups -OCH3 is 1. The molecule has 1 N–H and O–H groups in total. The first-order valence-electron chi connectivity index (χ1n) is 6.30. The Kier molecular flexibility index (Phi) is 4.16. The normalized spacial score (nSPS) is 15.3. The molecule has 0 saturated heterocycles. The molecule has 1 aromatic carbocycles. The molecule has 0 bridgehead atoms. The maximum Gasteiger partial charge on any atom is 0.255 e. The quantitative estimate of drug-likeness (QED) is 0.798. The molecule has 102 valence electrons. The van der Waals surface area contributed by atoms with Crippen LogP contribution in [0.25, 0.3) is 0 Å². The Bertz CT molecular complexity index is 487.